The third kappa shape index (κ3) is 4.40. The lowest BCUT2D eigenvalue weighted by Crippen LogP contribution is -2.45. The number of piperidine rings is 2. The molecule has 2 saturated heterocycles. The molecule has 0 radical (unpaired) electrons. The topological polar surface area (TPSA) is 78.5 Å². The van der Waals surface area contributed by atoms with Crippen LogP contribution in [0, 0.1) is 5.92 Å². The third-order valence-corrected chi connectivity index (χ3v) is 7.04. The highest BCUT2D eigenvalue weighted by Gasteiger charge is 2.28. The smallest absolute Gasteiger partial charge is 0.251 e. The zero-order valence-electron chi connectivity index (χ0n) is 14.7. The van der Waals surface area contributed by atoms with Gasteiger partial charge in [-0.05, 0) is 62.4 Å². The molecule has 0 spiro atoms. The van der Waals surface area contributed by atoms with E-state index in [9.17, 15) is 13.2 Å². The van der Waals surface area contributed by atoms with E-state index in [2.05, 4.69) is 17.6 Å². The zero-order valence-corrected chi connectivity index (χ0v) is 15.5. The summed E-state index contributed by atoms with van der Waals surface area (Å²) in [7, 11) is -3.46. The largest absolute Gasteiger partial charge is 0.348 e. The molecule has 2 aliphatic heterocycles. The molecule has 2 fully saturated rings. The fourth-order valence-electron chi connectivity index (χ4n) is 3.40. The van der Waals surface area contributed by atoms with Crippen LogP contribution >= 0.6 is 0 Å². The van der Waals surface area contributed by atoms with Gasteiger partial charge in [-0.2, -0.15) is 4.31 Å². The summed E-state index contributed by atoms with van der Waals surface area (Å²) in [5, 5.41) is 6.26. The van der Waals surface area contributed by atoms with Crippen molar-refractivity contribution in [1.82, 2.24) is 14.9 Å². The van der Waals surface area contributed by atoms with E-state index in [1.807, 2.05) is 0 Å². The van der Waals surface area contributed by atoms with Crippen molar-refractivity contribution in [3.63, 3.8) is 0 Å². The van der Waals surface area contributed by atoms with Gasteiger partial charge in [-0.1, -0.05) is 6.92 Å². The summed E-state index contributed by atoms with van der Waals surface area (Å²) >= 11 is 0. The van der Waals surface area contributed by atoms with Gasteiger partial charge in [-0.15, -0.1) is 0 Å². The Morgan fingerprint density at radius 2 is 1.84 bits per heavy atom. The van der Waals surface area contributed by atoms with E-state index >= 15 is 0 Å². The number of hydrogen-bond donors (Lipinski definition) is 2. The second-order valence-corrected chi connectivity index (χ2v) is 9.07. The van der Waals surface area contributed by atoms with Gasteiger partial charge in [-0.25, -0.2) is 8.42 Å². The molecule has 2 aliphatic rings. The van der Waals surface area contributed by atoms with Crippen LogP contribution in [0.4, 0.5) is 0 Å². The summed E-state index contributed by atoms with van der Waals surface area (Å²) < 4.78 is 27.0. The van der Waals surface area contributed by atoms with Crippen molar-refractivity contribution < 1.29 is 13.2 Å². The molecular formula is C18H27N3O3S. The molecule has 0 aromatic heterocycles. The predicted octanol–water partition coefficient (Wildman–Crippen LogP) is 1.59. The van der Waals surface area contributed by atoms with E-state index in [4.69, 9.17) is 0 Å². The number of nitrogens with zero attached hydrogens (tertiary/aromatic N) is 1. The first-order chi connectivity index (χ1) is 12.0. The summed E-state index contributed by atoms with van der Waals surface area (Å²) in [6.07, 6.45) is 3.82. The maximum atomic E-state index is 12.7. The van der Waals surface area contributed by atoms with Gasteiger partial charge < -0.3 is 10.6 Å². The molecule has 25 heavy (non-hydrogen) atoms. The van der Waals surface area contributed by atoms with Crippen molar-refractivity contribution in [2.75, 3.05) is 26.2 Å². The zero-order chi connectivity index (χ0) is 17.9. The van der Waals surface area contributed by atoms with Gasteiger partial charge in [0.05, 0.1) is 4.90 Å². The first-order valence-corrected chi connectivity index (χ1v) is 10.5. The number of carbonyl (C=O) groups excluding carboxylic acids is 1. The fourth-order valence-corrected chi connectivity index (χ4v) is 4.87. The van der Waals surface area contributed by atoms with Crippen LogP contribution in [0.1, 0.15) is 43.0 Å². The first-order valence-electron chi connectivity index (χ1n) is 9.08. The van der Waals surface area contributed by atoms with Gasteiger partial charge in [0.15, 0.2) is 0 Å². The van der Waals surface area contributed by atoms with E-state index in [-0.39, 0.29) is 16.8 Å². The number of rotatable bonds is 4. The average molecular weight is 365 g/mol. The quantitative estimate of drug-likeness (QED) is 0.849. The Morgan fingerprint density at radius 3 is 2.44 bits per heavy atom. The Morgan fingerprint density at radius 1 is 1.16 bits per heavy atom. The Balaban J connectivity index is 1.65. The van der Waals surface area contributed by atoms with Crippen LogP contribution in [0.3, 0.4) is 0 Å². The monoisotopic (exact) mass is 365 g/mol. The van der Waals surface area contributed by atoms with Gasteiger partial charge in [0, 0.05) is 31.2 Å². The van der Waals surface area contributed by atoms with E-state index in [1.54, 1.807) is 28.6 Å². The van der Waals surface area contributed by atoms with Crippen molar-refractivity contribution in [1.29, 1.82) is 0 Å². The number of hydrogen-bond acceptors (Lipinski definition) is 4. The third-order valence-electron chi connectivity index (χ3n) is 5.13. The van der Waals surface area contributed by atoms with E-state index < -0.39 is 10.0 Å². The molecule has 1 atom stereocenters. The molecular weight excluding hydrogens is 338 g/mol. The minimum absolute atomic E-state index is 0.139. The number of amides is 1. The van der Waals surface area contributed by atoms with Gasteiger partial charge >= 0.3 is 0 Å². The van der Waals surface area contributed by atoms with Crippen molar-refractivity contribution in [3.05, 3.63) is 29.8 Å². The Kier molecular flexibility index (Phi) is 5.76. The molecule has 6 nitrogen and oxygen atoms in total. The highest BCUT2D eigenvalue weighted by Crippen LogP contribution is 2.23. The Bertz CT molecular complexity index is 689. The van der Waals surface area contributed by atoms with Crippen LogP contribution in [0.15, 0.2) is 29.2 Å². The number of nitrogens with one attached hydrogen (secondary N) is 2. The SMILES string of the molecule is CC1CCN(S(=O)(=O)c2ccc(C(=O)NC3CCCNC3)cc2)CC1. The summed E-state index contributed by atoms with van der Waals surface area (Å²) in [5.41, 5.74) is 0.497. The van der Waals surface area contributed by atoms with E-state index in [0.29, 0.717) is 24.6 Å². The van der Waals surface area contributed by atoms with Crippen molar-refractivity contribution in [2.45, 2.75) is 43.5 Å². The maximum Gasteiger partial charge on any atom is 0.251 e. The molecule has 2 heterocycles. The summed E-state index contributed by atoms with van der Waals surface area (Å²) in [5.74, 6) is 0.427. The Labute approximate surface area is 150 Å². The molecule has 1 aromatic rings. The number of sulfonamides is 1. The lowest BCUT2D eigenvalue weighted by atomic mass is 10.0. The molecule has 1 aromatic carbocycles. The van der Waals surface area contributed by atoms with Crippen molar-refractivity contribution in [2.24, 2.45) is 5.92 Å². The summed E-state index contributed by atoms with van der Waals surface area (Å²) in [6, 6.07) is 6.43. The van der Waals surface area contributed by atoms with Crippen LogP contribution in [-0.4, -0.2) is 50.9 Å². The molecule has 3 rings (SSSR count). The van der Waals surface area contributed by atoms with Crippen LogP contribution in [0.2, 0.25) is 0 Å². The van der Waals surface area contributed by atoms with Gasteiger partial charge in [0.1, 0.15) is 0 Å². The van der Waals surface area contributed by atoms with Gasteiger partial charge in [-0.3, -0.25) is 4.79 Å². The molecule has 1 unspecified atom stereocenters. The van der Waals surface area contributed by atoms with Crippen molar-refractivity contribution >= 4 is 15.9 Å². The lowest BCUT2D eigenvalue weighted by Gasteiger charge is -2.29. The number of carbonyl (C=O) groups is 1. The van der Waals surface area contributed by atoms with Crippen LogP contribution in [0.25, 0.3) is 0 Å². The molecule has 7 heteroatoms. The second-order valence-electron chi connectivity index (χ2n) is 7.13. The molecule has 2 N–H and O–H groups in total. The van der Waals surface area contributed by atoms with Crippen molar-refractivity contribution in [3.8, 4) is 0 Å². The van der Waals surface area contributed by atoms with E-state index in [1.165, 1.54) is 0 Å². The molecule has 138 valence electrons. The Hall–Kier alpha value is -1.44. The summed E-state index contributed by atoms with van der Waals surface area (Å²) in [6.45, 7) is 5.07. The minimum Gasteiger partial charge on any atom is -0.348 e. The summed E-state index contributed by atoms with van der Waals surface area (Å²) in [4.78, 5) is 12.6. The maximum absolute atomic E-state index is 12.7. The first kappa shape index (κ1) is 18.4. The molecule has 0 saturated carbocycles. The van der Waals surface area contributed by atoms with E-state index in [0.717, 1.165) is 38.8 Å². The average Bonchev–Trinajstić information content (AvgIpc) is 2.63. The fraction of sp³-hybridized carbons (Fsp3) is 0.611. The predicted molar refractivity (Wildman–Crippen MR) is 97.0 cm³/mol. The van der Waals surface area contributed by atoms with Gasteiger partial charge in [0.2, 0.25) is 10.0 Å². The standard InChI is InChI=1S/C18H27N3O3S/c1-14-8-11-21(12-9-14)25(23,24)17-6-4-15(5-7-17)18(22)20-16-3-2-10-19-13-16/h4-7,14,16,19H,2-3,8-13H2,1H3,(H,20,22). The molecule has 1 amide bonds. The second kappa shape index (κ2) is 7.85. The van der Waals surface area contributed by atoms with Crippen LogP contribution < -0.4 is 10.6 Å². The highest BCUT2D eigenvalue weighted by molar-refractivity contribution is 7.89. The molecule has 0 bridgehead atoms. The van der Waals surface area contributed by atoms with Gasteiger partial charge in [0.25, 0.3) is 5.91 Å². The minimum atomic E-state index is -3.46. The normalized spacial score (nSPS) is 23.3. The highest BCUT2D eigenvalue weighted by atomic mass is 32.2. The van der Waals surface area contributed by atoms with Crippen LogP contribution in [-0.2, 0) is 10.0 Å². The number of benzene rings is 1. The van der Waals surface area contributed by atoms with Crippen LogP contribution in [0.5, 0.6) is 0 Å². The lowest BCUT2D eigenvalue weighted by molar-refractivity contribution is 0.0930. The molecule has 0 aliphatic carbocycles.